The van der Waals surface area contributed by atoms with Crippen molar-refractivity contribution >= 4 is 12.4 Å². The van der Waals surface area contributed by atoms with Gasteiger partial charge in [0.2, 0.25) is 0 Å². The normalized spacial score (nSPS) is 10.3. The molecule has 0 bridgehead atoms. The van der Waals surface area contributed by atoms with E-state index in [0.29, 0.717) is 0 Å². The minimum absolute atomic E-state index is 0.222. The quantitative estimate of drug-likeness (QED) is 0.672. The highest BCUT2D eigenvalue weighted by atomic mass is 19.1. The average molecular weight is 227 g/mol. The van der Waals surface area contributed by atoms with E-state index in [9.17, 15) is 4.39 Å². The van der Waals surface area contributed by atoms with E-state index < -0.39 is 0 Å². The molecule has 0 aliphatic rings. The molecule has 0 saturated carbocycles. The van der Waals surface area contributed by atoms with Crippen molar-refractivity contribution in [2.75, 3.05) is 0 Å². The zero-order chi connectivity index (χ0) is 12.4. The molecule has 2 rings (SSSR count). The van der Waals surface area contributed by atoms with Crippen molar-refractivity contribution in [3.8, 4) is 11.1 Å². The summed E-state index contributed by atoms with van der Waals surface area (Å²) in [6.07, 6.45) is 0. The molecule has 0 N–H and O–H groups in total. The zero-order valence-electron chi connectivity index (χ0n) is 10.00. The molecule has 0 unspecified atom stereocenters. The molecule has 0 aliphatic heterocycles. The van der Waals surface area contributed by atoms with E-state index in [4.69, 9.17) is 0 Å². The summed E-state index contributed by atoms with van der Waals surface area (Å²) in [6.45, 7) is 7.61. The molecule has 0 spiro atoms. The van der Waals surface area contributed by atoms with Crippen LogP contribution in [0.4, 0.5) is 10.1 Å². The molecule has 0 aromatic heterocycles. The second-order valence-corrected chi connectivity index (χ2v) is 4.12. The van der Waals surface area contributed by atoms with E-state index >= 15 is 0 Å². The predicted octanol–water partition coefficient (Wildman–Crippen LogP) is 4.44. The SMILES string of the molecule is C=Nc1cc(-c2ccc(F)cc2)c(C)cc1C. The fourth-order valence-electron chi connectivity index (χ4n) is 1.95. The van der Waals surface area contributed by atoms with Crippen LogP contribution in [0, 0.1) is 19.7 Å². The molecule has 1 nitrogen and oxygen atoms in total. The number of aryl methyl sites for hydroxylation is 2. The molecule has 0 fully saturated rings. The van der Waals surface area contributed by atoms with Crippen molar-refractivity contribution in [3.05, 3.63) is 53.3 Å². The molecule has 17 heavy (non-hydrogen) atoms. The predicted molar refractivity (Wildman–Crippen MR) is 70.5 cm³/mol. The summed E-state index contributed by atoms with van der Waals surface area (Å²) in [6, 6.07) is 10.6. The Kier molecular flexibility index (Phi) is 3.05. The maximum atomic E-state index is 12.9. The smallest absolute Gasteiger partial charge is 0.123 e. The number of hydrogen-bond donors (Lipinski definition) is 0. The van der Waals surface area contributed by atoms with Crippen LogP contribution >= 0.6 is 0 Å². The van der Waals surface area contributed by atoms with Gasteiger partial charge in [-0.25, -0.2) is 4.39 Å². The first-order chi connectivity index (χ1) is 8.11. The van der Waals surface area contributed by atoms with Gasteiger partial charge >= 0.3 is 0 Å². The molecule has 0 aliphatic carbocycles. The van der Waals surface area contributed by atoms with Crippen LogP contribution in [0.2, 0.25) is 0 Å². The van der Waals surface area contributed by atoms with Crippen molar-refractivity contribution in [3.63, 3.8) is 0 Å². The third kappa shape index (κ3) is 2.26. The molecule has 0 atom stereocenters. The maximum absolute atomic E-state index is 12.9. The number of rotatable bonds is 2. The maximum Gasteiger partial charge on any atom is 0.123 e. The van der Waals surface area contributed by atoms with Crippen LogP contribution in [0.15, 0.2) is 41.4 Å². The van der Waals surface area contributed by atoms with Gasteiger partial charge in [-0.2, -0.15) is 0 Å². The number of halogens is 1. The van der Waals surface area contributed by atoms with Crippen molar-refractivity contribution in [2.45, 2.75) is 13.8 Å². The van der Waals surface area contributed by atoms with Crippen molar-refractivity contribution < 1.29 is 4.39 Å². The van der Waals surface area contributed by atoms with Crippen LogP contribution in [-0.4, -0.2) is 6.72 Å². The molecular weight excluding hydrogens is 213 g/mol. The summed E-state index contributed by atoms with van der Waals surface area (Å²) in [5.41, 5.74) is 5.19. The Bertz CT molecular complexity index is 556. The lowest BCUT2D eigenvalue weighted by molar-refractivity contribution is 0.628. The van der Waals surface area contributed by atoms with Gasteiger partial charge in [0.25, 0.3) is 0 Å². The number of hydrogen-bond acceptors (Lipinski definition) is 1. The van der Waals surface area contributed by atoms with Gasteiger partial charge in [0.1, 0.15) is 5.82 Å². The standard InChI is InChI=1S/C15H14FN/c1-10-8-11(2)15(17-3)9-14(10)12-4-6-13(16)7-5-12/h4-9H,3H2,1-2H3. The largest absolute Gasteiger partial charge is 0.264 e. The van der Waals surface area contributed by atoms with Crippen molar-refractivity contribution in [2.24, 2.45) is 4.99 Å². The number of benzene rings is 2. The van der Waals surface area contributed by atoms with E-state index in [2.05, 4.69) is 17.8 Å². The summed E-state index contributed by atoms with van der Waals surface area (Å²) in [7, 11) is 0. The summed E-state index contributed by atoms with van der Waals surface area (Å²) >= 11 is 0. The topological polar surface area (TPSA) is 12.4 Å². The van der Waals surface area contributed by atoms with E-state index in [1.54, 1.807) is 12.1 Å². The Morgan fingerprint density at radius 3 is 2.24 bits per heavy atom. The van der Waals surface area contributed by atoms with Crippen LogP contribution in [0.25, 0.3) is 11.1 Å². The van der Waals surface area contributed by atoms with E-state index in [-0.39, 0.29) is 5.82 Å². The molecule has 0 heterocycles. The van der Waals surface area contributed by atoms with Gasteiger partial charge < -0.3 is 0 Å². The lowest BCUT2D eigenvalue weighted by Gasteiger charge is -2.09. The Hall–Kier alpha value is -1.96. The third-order valence-corrected chi connectivity index (χ3v) is 2.87. The lowest BCUT2D eigenvalue weighted by Crippen LogP contribution is -1.86. The summed E-state index contributed by atoms with van der Waals surface area (Å²) in [5, 5.41) is 0. The minimum atomic E-state index is -0.222. The fourth-order valence-corrected chi connectivity index (χ4v) is 1.95. The molecule has 86 valence electrons. The van der Waals surface area contributed by atoms with E-state index in [1.165, 1.54) is 12.1 Å². The minimum Gasteiger partial charge on any atom is -0.264 e. The zero-order valence-corrected chi connectivity index (χ0v) is 10.00. The molecule has 0 amide bonds. The highest BCUT2D eigenvalue weighted by molar-refractivity contribution is 5.72. The average Bonchev–Trinajstić information content (AvgIpc) is 2.31. The monoisotopic (exact) mass is 227 g/mol. The lowest BCUT2D eigenvalue weighted by atomic mass is 9.97. The highest BCUT2D eigenvalue weighted by Gasteiger charge is 2.05. The first-order valence-electron chi connectivity index (χ1n) is 5.45. The first kappa shape index (κ1) is 11.5. The van der Waals surface area contributed by atoms with Crippen LogP contribution in [0.3, 0.4) is 0 Å². The van der Waals surface area contributed by atoms with Gasteiger partial charge in [-0.05, 0) is 61.0 Å². The Labute approximate surface area is 101 Å². The van der Waals surface area contributed by atoms with Crippen LogP contribution in [0.5, 0.6) is 0 Å². The Morgan fingerprint density at radius 2 is 1.65 bits per heavy atom. The second-order valence-electron chi connectivity index (χ2n) is 4.12. The third-order valence-electron chi connectivity index (χ3n) is 2.87. The summed E-state index contributed by atoms with van der Waals surface area (Å²) in [5.74, 6) is -0.222. The molecule has 2 heteroatoms. The first-order valence-corrected chi connectivity index (χ1v) is 5.45. The van der Waals surface area contributed by atoms with Gasteiger partial charge in [-0.15, -0.1) is 0 Å². The van der Waals surface area contributed by atoms with Crippen LogP contribution in [0.1, 0.15) is 11.1 Å². The van der Waals surface area contributed by atoms with Crippen LogP contribution < -0.4 is 0 Å². The summed E-state index contributed by atoms with van der Waals surface area (Å²) in [4.78, 5) is 3.99. The molecule has 0 saturated heterocycles. The number of aliphatic imine (C=N–C) groups is 1. The van der Waals surface area contributed by atoms with Crippen molar-refractivity contribution in [1.29, 1.82) is 0 Å². The molecule has 0 radical (unpaired) electrons. The fraction of sp³-hybridized carbons (Fsp3) is 0.133. The van der Waals surface area contributed by atoms with Crippen LogP contribution in [-0.2, 0) is 0 Å². The summed E-state index contributed by atoms with van der Waals surface area (Å²) < 4.78 is 12.9. The molecule has 2 aromatic carbocycles. The van der Waals surface area contributed by atoms with Gasteiger partial charge in [-0.3, -0.25) is 4.99 Å². The van der Waals surface area contributed by atoms with E-state index in [0.717, 1.165) is 27.9 Å². The molecule has 2 aromatic rings. The van der Waals surface area contributed by atoms with Crippen molar-refractivity contribution in [1.82, 2.24) is 0 Å². The highest BCUT2D eigenvalue weighted by Crippen LogP contribution is 2.30. The second kappa shape index (κ2) is 4.50. The Morgan fingerprint density at radius 1 is 1.00 bits per heavy atom. The van der Waals surface area contributed by atoms with Gasteiger partial charge in [-0.1, -0.05) is 18.2 Å². The Balaban J connectivity index is 2.58. The number of nitrogens with zero attached hydrogens (tertiary/aromatic N) is 1. The van der Waals surface area contributed by atoms with E-state index in [1.807, 2.05) is 19.9 Å². The molecular formula is C15H14FN. The van der Waals surface area contributed by atoms with Gasteiger partial charge in [0.15, 0.2) is 0 Å². The van der Waals surface area contributed by atoms with Gasteiger partial charge in [0.05, 0.1) is 5.69 Å². The van der Waals surface area contributed by atoms with Gasteiger partial charge in [0, 0.05) is 0 Å².